The van der Waals surface area contributed by atoms with Gasteiger partial charge in [0.2, 0.25) is 0 Å². The molecular formula is C15H19BrO4S. The van der Waals surface area contributed by atoms with E-state index in [0.717, 1.165) is 23.1 Å². The molecule has 0 aliphatic heterocycles. The first-order valence-corrected chi connectivity index (χ1v) is 9.11. The zero-order valence-corrected chi connectivity index (χ0v) is 14.4. The molecule has 0 saturated heterocycles. The minimum Gasteiger partial charge on any atom is -0.493 e. The highest BCUT2D eigenvalue weighted by molar-refractivity contribution is 9.10. The highest BCUT2D eigenvalue weighted by Crippen LogP contribution is 2.49. The SMILES string of the molecule is COC(=O)CC1(CS(=O)CCOc2cccc(Br)c2)CC1. The third-order valence-corrected chi connectivity index (χ3v) is 5.60. The predicted octanol–water partition coefficient (Wildman–Crippen LogP) is 2.92. The fourth-order valence-electron chi connectivity index (χ4n) is 2.15. The first-order chi connectivity index (χ1) is 10.0. The number of benzene rings is 1. The van der Waals surface area contributed by atoms with Crippen LogP contribution in [0.4, 0.5) is 0 Å². The van der Waals surface area contributed by atoms with Gasteiger partial charge in [-0.05, 0) is 36.5 Å². The summed E-state index contributed by atoms with van der Waals surface area (Å²) in [5.74, 6) is 1.59. The standard InChI is InChI=1S/C15H19BrO4S/c1-19-14(17)10-15(5-6-15)11-21(18)8-7-20-13-4-2-3-12(16)9-13/h2-4,9H,5-8,10-11H2,1H3. The van der Waals surface area contributed by atoms with Crippen molar-refractivity contribution in [3.05, 3.63) is 28.7 Å². The highest BCUT2D eigenvalue weighted by Gasteiger charge is 2.45. The van der Waals surface area contributed by atoms with Crippen molar-refractivity contribution in [3.8, 4) is 5.75 Å². The summed E-state index contributed by atoms with van der Waals surface area (Å²) in [5, 5.41) is 0. The molecule has 1 unspecified atom stereocenters. The van der Waals surface area contributed by atoms with Crippen molar-refractivity contribution in [1.29, 1.82) is 0 Å². The van der Waals surface area contributed by atoms with Gasteiger partial charge in [0, 0.05) is 21.0 Å². The Morgan fingerprint density at radius 1 is 1.43 bits per heavy atom. The Kier molecular flexibility index (Phi) is 5.81. The van der Waals surface area contributed by atoms with Gasteiger partial charge >= 0.3 is 5.97 Å². The molecule has 1 aliphatic rings. The van der Waals surface area contributed by atoms with Gasteiger partial charge in [0.15, 0.2) is 0 Å². The molecule has 0 bridgehead atoms. The van der Waals surface area contributed by atoms with Gasteiger partial charge in [-0.25, -0.2) is 0 Å². The lowest BCUT2D eigenvalue weighted by Crippen LogP contribution is -2.21. The molecule has 1 atom stereocenters. The van der Waals surface area contributed by atoms with Crippen LogP contribution in [0.5, 0.6) is 5.75 Å². The molecule has 1 aromatic carbocycles. The first-order valence-electron chi connectivity index (χ1n) is 6.83. The Bertz CT molecular complexity index is 528. The smallest absolute Gasteiger partial charge is 0.306 e. The number of carbonyl (C=O) groups excluding carboxylic acids is 1. The Balaban J connectivity index is 1.72. The number of hydrogen-bond acceptors (Lipinski definition) is 4. The van der Waals surface area contributed by atoms with Gasteiger partial charge in [0.05, 0.1) is 25.9 Å². The van der Waals surface area contributed by atoms with Gasteiger partial charge in [-0.15, -0.1) is 0 Å². The van der Waals surface area contributed by atoms with E-state index < -0.39 is 10.8 Å². The van der Waals surface area contributed by atoms with Crippen LogP contribution in [-0.2, 0) is 20.3 Å². The van der Waals surface area contributed by atoms with Crippen molar-refractivity contribution >= 4 is 32.7 Å². The van der Waals surface area contributed by atoms with Crippen LogP contribution in [0, 0.1) is 5.41 Å². The Morgan fingerprint density at radius 3 is 2.81 bits per heavy atom. The van der Waals surface area contributed by atoms with Gasteiger partial charge in [0.25, 0.3) is 0 Å². The van der Waals surface area contributed by atoms with Crippen LogP contribution in [0.1, 0.15) is 19.3 Å². The van der Waals surface area contributed by atoms with E-state index in [-0.39, 0.29) is 11.4 Å². The first kappa shape index (κ1) is 16.5. The number of carbonyl (C=O) groups is 1. The number of halogens is 1. The van der Waals surface area contributed by atoms with Gasteiger partial charge in [-0.1, -0.05) is 22.0 Å². The summed E-state index contributed by atoms with van der Waals surface area (Å²) >= 11 is 3.38. The molecular weight excluding hydrogens is 356 g/mol. The molecule has 0 radical (unpaired) electrons. The van der Waals surface area contributed by atoms with Crippen LogP contribution >= 0.6 is 15.9 Å². The van der Waals surface area contributed by atoms with Crippen molar-refractivity contribution in [3.63, 3.8) is 0 Å². The van der Waals surface area contributed by atoms with E-state index in [1.165, 1.54) is 7.11 Å². The molecule has 1 fully saturated rings. The van der Waals surface area contributed by atoms with Crippen molar-refractivity contribution in [2.75, 3.05) is 25.2 Å². The summed E-state index contributed by atoms with van der Waals surface area (Å²) in [5.41, 5.74) is -0.0896. The Labute approximate surface area is 135 Å². The van der Waals surface area contributed by atoms with E-state index in [9.17, 15) is 9.00 Å². The summed E-state index contributed by atoms with van der Waals surface area (Å²) in [4.78, 5) is 11.3. The lowest BCUT2D eigenvalue weighted by molar-refractivity contribution is -0.141. The second kappa shape index (κ2) is 7.40. The van der Waals surface area contributed by atoms with Crippen LogP contribution in [0.15, 0.2) is 28.7 Å². The monoisotopic (exact) mass is 374 g/mol. The zero-order valence-electron chi connectivity index (χ0n) is 12.0. The number of esters is 1. The second-order valence-corrected chi connectivity index (χ2v) is 7.84. The van der Waals surface area contributed by atoms with Crippen molar-refractivity contribution in [2.24, 2.45) is 5.41 Å². The Morgan fingerprint density at radius 2 is 2.19 bits per heavy atom. The molecule has 116 valence electrons. The fraction of sp³-hybridized carbons (Fsp3) is 0.533. The van der Waals surface area contributed by atoms with Crippen molar-refractivity contribution in [2.45, 2.75) is 19.3 Å². The normalized spacial score (nSPS) is 17.0. The van der Waals surface area contributed by atoms with E-state index in [0.29, 0.717) is 24.5 Å². The third kappa shape index (κ3) is 5.43. The second-order valence-electron chi connectivity index (χ2n) is 5.35. The van der Waals surface area contributed by atoms with Gasteiger partial charge < -0.3 is 9.47 Å². The molecule has 1 saturated carbocycles. The fourth-order valence-corrected chi connectivity index (χ4v) is 4.02. The summed E-state index contributed by atoms with van der Waals surface area (Å²) < 4.78 is 23.3. The lowest BCUT2D eigenvalue weighted by Gasteiger charge is -2.13. The van der Waals surface area contributed by atoms with Crippen LogP contribution in [0.2, 0.25) is 0 Å². The predicted molar refractivity (Wildman–Crippen MR) is 85.8 cm³/mol. The van der Waals surface area contributed by atoms with Gasteiger partial charge in [-0.3, -0.25) is 9.00 Å². The molecule has 1 aromatic rings. The molecule has 21 heavy (non-hydrogen) atoms. The quantitative estimate of drug-likeness (QED) is 0.656. The molecule has 2 rings (SSSR count). The minimum atomic E-state index is -0.969. The molecule has 1 aliphatic carbocycles. The summed E-state index contributed by atoms with van der Waals surface area (Å²) in [6.07, 6.45) is 2.29. The van der Waals surface area contributed by atoms with E-state index in [1.807, 2.05) is 24.3 Å². The largest absolute Gasteiger partial charge is 0.493 e. The van der Waals surface area contributed by atoms with E-state index in [1.54, 1.807) is 0 Å². The topological polar surface area (TPSA) is 52.6 Å². The van der Waals surface area contributed by atoms with E-state index >= 15 is 0 Å². The summed E-state index contributed by atoms with van der Waals surface area (Å²) in [7, 11) is 0.421. The number of ether oxygens (including phenoxy) is 2. The average molecular weight is 375 g/mol. The van der Waals surface area contributed by atoms with Crippen LogP contribution in [0.3, 0.4) is 0 Å². The maximum absolute atomic E-state index is 12.1. The number of methoxy groups -OCH3 is 1. The van der Waals surface area contributed by atoms with Crippen molar-refractivity contribution in [1.82, 2.24) is 0 Å². The van der Waals surface area contributed by atoms with Crippen LogP contribution < -0.4 is 4.74 Å². The van der Waals surface area contributed by atoms with Crippen LogP contribution in [0.25, 0.3) is 0 Å². The van der Waals surface area contributed by atoms with E-state index in [4.69, 9.17) is 9.47 Å². The maximum atomic E-state index is 12.1. The molecule has 0 spiro atoms. The summed E-state index contributed by atoms with van der Waals surface area (Å²) in [6, 6.07) is 7.57. The van der Waals surface area contributed by atoms with E-state index in [2.05, 4.69) is 15.9 Å². The zero-order chi connectivity index (χ0) is 15.3. The Hall–Kier alpha value is -0.880. The molecule has 4 nitrogen and oxygen atoms in total. The molecule has 0 amide bonds. The average Bonchev–Trinajstić information content (AvgIpc) is 3.17. The maximum Gasteiger partial charge on any atom is 0.306 e. The number of rotatable bonds is 8. The minimum absolute atomic E-state index is 0.0896. The highest BCUT2D eigenvalue weighted by atomic mass is 79.9. The van der Waals surface area contributed by atoms with Crippen molar-refractivity contribution < 1.29 is 18.5 Å². The third-order valence-electron chi connectivity index (χ3n) is 3.55. The molecule has 0 heterocycles. The molecule has 0 N–H and O–H groups in total. The lowest BCUT2D eigenvalue weighted by atomic mass is 10.1. The summed E-state index contributed by atoms with van der Waals surface area (Å²) in [6.45, 7) is 0.414. The molecule has 0 aromatic heterocycles. The van der Waals surface area contributed by atoms with Crippen LogP contribution in [-0.4, -0.2) is 35.4 Å². The van der Waals surface area contributed by atoms with Gasteiger partial charge in [-0.2, -0.15) is 0 Å². The van der Waals surface area contributed by atoms with Gasteiger partial charge in [0.1, 0.15) is 5.75 Å². The number of hydrogen-bond donors (Lipinski definition) is 0. The molecule has 6 heteroatoms.